The summed E-state index contributed by atoms with van der Waals surface area (Å²) in [5.74, 6) is 2.76. The quantitative estimate of drug-likeness (QED) is 0.191. The van der Waals surface area contributed by atoms with Crippen LogP contribution >= 0.6 is 23.5 Å². The van der Waals surface area contributed by atoms with Crippen LogP contribution < -0.4 is 15.1 Å². The molecule has 10 aromatic rings. The number of dihydropyridines is 1. The summed E-state index contributed by atoms with van der Waals surface area (Å²) in [5.41, 5.74) is 9.16. The van der Waals surface area contributed by atoms with Crippen LogP contribution in [0.1, 0.15) is 6.17 Å². The molecule has 3 aliphatic rings. The van der Waals surface area contributed by atoms with E-state index in [1.807, 2.05) is 23.5 Å². The summed E-state index contributed by atoms with van der Waals surface area (Å²) in [7, 11) is 0. The molecule has 8 heteroatoms. The molecule has 1 N–H and O–H groups in total. The van der Waals surface area contributed by atoms with Gasteiger partial charge in [0.15, 0.2) is 0 Å². The number of hydrogen-bond donors (Lipinski definition) is 1. The maximum Gasteiger partial charge on any atom is 0.140 e. The average molecular weight is 807 g/mol. The van der Waals surface area contributed by atoms with E-state index in [-0.39, 0.29) is 6.17 Å². The van der Waals surface area contributed by atoms with Gasteiger partial charge in [-0.25, -0.2) is 4.98 Å². The van der Waals surface area contributed by atoms with E-state index in [9.17, 15) is 0 Å². The molecule has 3 aliphatic heterocycles. The minimum Gasteiger partial charge on any atom is -0.347 e. The molecule has 0 saturated carbocycles. The van der Waals surface area contributed by atoms with Crippen LogP contribution in [0.15, 0.2) is 220 Å². The lowest BCUT2D eigenvalue weighted by Crippen LogP contribution is -2.35. The number of para-hydroxylation sites is 6. The van der Waals surface area contributed by atoms with Crippen molar-refractivity contribution in [1.29, 1.82) is 0 Å². The molecule has 1 unspecified atom stereocenters. The molecule has 13 rings (SSSR count). The van der Waals surface area contributed by atoms with Crippen LogP contribution in [0.25, 0.3) is 49.4 Å². The van der Waals surface area contributed by atoms with Crippen molar-refractivity contribution in [2.75, 3.05) is 9.80 Å². The second-order valence-electron chi connectivity index (χ2n) is 15.2. The lowest BCUT2D eigenvalue weighted by molar-refractivity contribution is 0.548. The van der Waals surface area contributed by atoms with E-state index in [0.717, 1.165) is 50.9 Å². The number of rotatable bonds is 4. The predicted molar refractivity (Wildman–Crippen MR) is 249 cm³/mol. The smallest absolute Gasteiger partial charge is 0.140 e. The predicted octanol–water partition coefficient (Wildman–Crippen LogP) is 14.0. The van der Waals surface area contributed by atoms with E-state index in [1.165, 1.54) is 52.5 Å². The monoisotopic (exact) mass is 806 g/mol. The van der Waals surface area contributed by atoms with E-state index in [0.29, 0.717) is 0 Å². The Kier molecular flexibility index (Phi) is 7.43. The maximum atomic E-state index is 5.58. The summed E-state index contributed by atoms with van der Waals surface area (Å²) in [6.45, 7) is 0. The molecular formula is C52H34N6S2. The molecule has 0 saturated heterocycles. The van der Waals surface area contributed by atoms with E-state index in [2.05, 4.69) is 218 Å². The van der Waals surface area contributed by atoms with Crippen LogP contribution in [-0.2, 0) is 0 Å². The normalized spacial score (nSPS) is 15.5. The number of hydrogen-bond acceptors (Lipinski definition) is 6. The highest BCUT2D eigenvalue weighted by atomic mass is 32.2. The minimum atomic E-state index is -0.198. The molecule has 0 spiro atoms. The first-order valence-electron chi connectivity index (χ1n) is 20.2. The fraction of sp³-hybridized carbons (Fsp3) is 0.0192. The SMILES string of the molecule is C1=CC(n2c3ccccc3c3ccc4c5ccccc5n(-c5cccc(N6c7ccccc7Sc7ccccc76)n5)c4c32)NC(N2c3ccccc3Sc3ccccc32)=C1. The molecule has 284 valence electrons. The number of nitrogens with zero attached hydrogens (tertiary/aromatic N) is 5. The van der Waals surface area contributed by atoms with Gasteiger partial charge in [-0.1, -0.05) is 133 Å². The summed E-state index contributed by atoms with van der Waals surface area (Å²) in [6.07, 6.45) is 6.49. The van der Waals surface area contributed by atoms with Crippen LogP contribution in [0.2, 0.25) is 0 Å². The summed E-state index contributed by atoms with van der Waals surface area (Å²) < 4.78 is 4.89. The third-order valence-electron chi connectivity index (χ3n) is 11.9. The summed E-state index contributed by atoms with van der Waals surface area (Å²) >= 11 is 3.64. The molecule has 0 aliphatic carbocycles. The zero-order chi connectivity index (χ0) is 39.3. The van der Waals surface area contributed by atoms with Crippen LogP contribution in [0.5, 0.6) is 0 Å². The van der Waals surface area contributed by atoms with Crippen molar-refractivity contribution >= 4 is 95.7 Å². The van der Waals surface area contributed by atoms with E-state index in [4.69, 9.17) is 4.98 Å². The van der Waals surface area contributed by atoms with Gasteiger partial charge in [0.2, 0.25) is 0 Å². The molecular weight excluding hydrogens is 773 g/mol. The molecule has 3 aromatic heterocycles. The maximum absolute atomic E-state index is 5.58. The number of benzene rings is 7. The molecule has 0 bridgehead atoms. The Morgan fingerprint density at radius 3 is 1.57 bits per heavy atom. The third kappa shape index (κ3) is 4.95. The zero-order valence-corrected chi connectivity index (χ0v) is 33.7. The van der Waals surface area contributed by atoms with Gasteiger partial charge in [-0.15, -0.1) is 0 Å². The Morgan fingerprint density at radius 1 is 0.433 bits per heavy atom. The second-order valence-corrected chi connectivity index (χ2v) is 17.4. The number of allylic oxidation sites excluding steroid dienone is 2. The number of pyridine rings is 1. The number of anilines is 5. The Hall–Kier alpha value is -7.13. The van der Waals surface area contributed by atoms with Gasteiger partial charge >= 0.3 is 0 Å². The minimum absolute atomic E-state index is 0.198. The number of nitrogens with one attached hydrogen (secondary N) is 1. The second kappa shape index (κ2) is 13.2. The third-order valence-corrected chi connectivity index (χ3v) is 14.2. The highest BCUT2D eigenvalue weighted by Crippen LogP contribution is 2.52. The topological polar surface area (TPSA) is 41.3 Å². The van der Waals surface area contributed by atoms with E-state index >= 15 is 0 Å². The zero-order valence-electron chi connectivity index (χ0n) is 32.1. The van der Waals surface area contributed by atoms with Crippen molar-refractivity contribution in [2.24, 2.45) is 0 Å². The number of aromatic nitrogens is 3. The fourth-order valence-electron chi connectivity index (χ4n) is 9.43. The van der Waals surface area contributed by atoms with Gasteiger partial charge in [-0.3, -0.25) is 14.4 Å². The Bertz CT molecular complexity index is 3380. The van der Waals surface area contributed by atoms with Gasteiger partial charge in [0, 0.05) is 41.1 Å². The largest absolute Gasteiger partial charge is 0.347 e. The van der Waals surface area contributed by atoms with Crippen molar-refractivity contribution in [3.8, 4) is 5.82 Å². The molecule has 7 aromatic carbocycles. The molecule has 1 atom stereocenters. The molecule has 0 amide bonds. The first-order valence-corrected chi connectivity index (χ1v) is 21.8. The fourth-order valence-corrected chi connectivity index (χ4v) is 11.5. The highest BCUT2D eigenvalue weighted by Gasteiger charge is 2.31. The summed E-state index contributed by atoms with van der Waals surface area (Å²) in [6, 6.07) is 63.3. The van der Waals surface area contributed by atoms with Gasteiger partial charge in [-0.05, 0) is 84.9 Å². The Labute approximate surface area is 354 Å². The van der Waals surface area contributed by atoms with Crippen molar-refractivity contribution in [1.82, 2.24) is 19.4 Å². The van der Waals surface area contributed by atoms with Gasteiger partial charge in [-0.2, -0.15) is 0 Å². The first kappa shape index (κ1) is 33.8. The van der Waals surface area contributed by atoms with Crippen molar-refractivity contribution in [3.05, 3.63) is 200 Å². The van der Waals surface area contributed by atoms with Gasteiger partial charge in [0.05, 0.1) is 44.8 Å². The van der Waals surface area contributed by atoms with E-state index < -0.39 is 0 Å². The lowest BCUT2D eigenvalue weighted by Gasteiger charge is -2.37. The van der Waals surface area contributed by atoms with Crippen LogP contribution in [0, 0.1) is 0 Å². The Balaban J connectivity index is 1.03. The van der Waals surface area contributed by atoms with Crippen molar-refractivity contribution in [2.45, 2.75) is 25.7 Å². The molecule has 0 radical (unpaired) electrons. The van der Waals surface area contributed by atoms with Crippen molar-refractivity contribution < 1.29 is 0 Å². The van der Waals surface area contributed by atoms with Gasteiger partial charge < -0.3 is 9.88 Å². The summed E-state index contributed by atoms with van der Waals surface area (Å²) in [4.78, 5) is 15.2. The average Bonchev–Trinajstić information content (AvgIpc) is 3.83. The van der Waals surface area contributed by atoms with Crippen LogP contribution in [0.3, 0.4) is 0 Å². The number of fused-ring (bicyclic) bond motifs is 11. The first-order chi connectivity index (χ1) is 29.8. The standard InChI is InChI=1S/C52H34N6S2/c1-3-17-37-33(15-1)35-31-32-36-34-16-2-4-18-38(34)58(50-30-14-28-48(54-50)56-41-21-7-11-25-45(41)60-46-26-12-8-22-42(46)56)52(36)51(35)57(37)49-29-13-27-47(53-49)55-39-19-5-9-23-43(39)59-44-24-10-6-20-40(44)55/h1-32,49,53H. The summed E-state index contributed by atoms with van der Waals surface area (Å²) in [5, 5.41) is 8.83. The molecule has 60 heavy (non-hydrogen) atoms. The van der Waals surface area contributed by atoms with E-state index in [1.54, 1.807) is 0 Å². The van der Waals surface area contributed by atoms with Gasteiger partial charge in [0.25, 0.3) is 0 Å². The van der Waals surface area contributed by atoms with Gasteiger partial charge in [0.1, 0.15) is 23.6 Å². The van der Waals surface area contributed by atoms with Crippen molar-refractivity contribution in [3.63, 3.8) is 0 Å². The van der Waals surface area contributed by atoms with Crippen LogP contribution in [0.4, 0.5) is 28.6 Å². The lowest BCUT2D eigenvalue weighted by atomic mass is 10.1. The van der Waals surface area contributed by atoms with Crippen LogP contribution in [-0.4, -0.2) is 14.1 Å². The highest BCUT2D eigenvalue weighted by molar-refractivity contribution is 8.00. The molecule has 0 fully saturated rings. The molecule has 6 heterocycles. The molecule has 6 nitrogen and oxygen atoms in total. The Morgan fingerprint density at radius 2 is 0.933 bits per heavy atom.